The van der Waals surface area contributed by atoms with Crippen LogP contribution in [-0.2, 0) is 9.59 Å². The zero-order valence-electron chi connectivity index (χ0n) is 16.6. The second-order valence-electron chi connectivity index (χ2n) is 6.52. The molecule has 3 aromatic carbocycles. The van der Waals surface area contributed by atoms with Gasteiger partial charge in [-0.3, -0.25) is 9.59 Å². The summed E-state index contributed by atoms with van der Waals surface area (Å²) in [5.74, 6) is -0.431. The summed E-state index contributed by atoms with van der Waals surface area (Å²) in [6, 6.07) is 22.0. The number of halogens is 2. The molecular weight excluding hydrogens is 449 g/mol. The number of nitriles is 1. The first-order chi connectivity index (χ1) is 15.4. The van der Waals surface area contributed by atoms with Gasteiger partial charge >= 0.3 is 0 Å². The van der Waals surface area contributed by atoms with E-state index < -0.39 is 5.91 Å². The van der Waals surface area contributed by atoms with E-state index in [-0.39, 0.29) is 18.1 Å². The maximum Gasteiger partial charge on any atom is 0.266 e. The number of nitrogens with zero attached hydrogens (tertiary/aromatic N) is 1. The molecule has 0 fully saturated rings. The zero-order valence-corrected chi connectivity index (χ0v) is 18.2. The second kappa shape index (κ2) is 11.0. The van der Waals surface area contributed by atoms with Crippen molar-refractivity contribution >= 4 is 52.5 Å². The number of ether oxygens (including phenoxy) is 1. The first-order valence-corrected chi connectivity index (χ1v) is 10.2. The van der Waals surface area contributed by atoms with Crippen molar-refractivity contribution in [2.75, 3.05) is 17.2 Å². The summed E-state index contributed by atoms with van der Waals surface area (Å²) in [5.41, 5.74) is 1.59. The lowest BCUT2D eigenvalue weighted by atomic mass is 10.1. The predicted octanol–water partition coefficient (Wildman–Crippen LogP) is 5.56. The molecular formula is C24H17Cl2N3O3. The third kappa shape index (κ3) is 6.61. The number of para-hydroxylation sites is 1. The summed E-state index contributed by atoms with van der Waals surface area (Å²) < 4.78 is 5.47. The first kappa shape index (κ1) is 22.9. The van der Waals surface area contributed by atoms with Crippen LogP contribution < -0.4 is 15.4 Å². The summed E-state index contributed by atoms with van der Waals surface area (Å²) >= 11 is 11.8. The number of hydrogen-bond donors (Lipinski definition) is 2. The van der Waals surface area contributed by atoms with E-state index in [0.29, 0.717) is 32.7 Å². The van der Waals surface area contributed by atoms with Gasteiger partial charge in [-0.05, 0) is 60.2 Å². The first-order valence-electron chi connectivity index (χ1n) is 9.40. The van der Waals surface area contributed by atoms with E-state index in [9.17, 15) is 14.9 Å². The minimum Gasteiger partial charge on any atom is -0.484 e. The number of benzene rings is 3. The lowest BCUT2D eigenvalue weighted by Crippen LogP contribution is -2.20. The van der Waals surface area contributed by atoms with E-state index in [4.69, 9.17) is 27.9 Å². The van der Waals surface area contributed by atoms with Gasteiger partial charge < -0.3 is 15.4 Å². The number of nitrogens with one attached hydrogen (secondary N) is 2. The number of anilines is 2. The Balaban J connectivity index is 1.57. The van der Waals surface area contributed by atoms with Gasteiger partial charge in [0.05, 0.1) is 10.7 Å². The van der Waals surface area contributed by atoms with Crippen molar-refractivity contribution in [2.45, 2.75) is 0 Å². The van der Waals surface area contributed by atoms with E-state index in [1.54, 1.807) is 72.8 Å². The van der Waals surface area contributed by atoms with Gasteiger partial charge in [-0.1, -0.05) is 47.5 Å². The van der Waals surface area contributed by atoms with Crippen LogP contribution in [0.3, 0.4) is 0 Å². The fraction of sp³-hybridized carbons (Fsp3) is 0.0417. The Hall–Kier alpha value is -3.79. The molecule has 160 valence electrons. The molecule has 0 bridgehead atoms. The second-order valence-corrected chi connectivity index (χ2v) is 7.36. The molecule has 32 heavy (non-hydrogen) atoms. The number of rotatable bonds is 7. The number of hydrogen-bond acceptors (Lipinski definition) is 4. The maximum absolute atomic E-state index is 12.3. The molecule has 3 rings (SSSR count). The fourth-order valence-corrected chi connectivity index (χ4v) is 2.91. The Morgan fingerprint density at radius 2 is 1.62 bits per heavy atom. The van der Waals surface area contributed by atoms with E-state index in [0.717, 1.165) is 0 Å². The molecule has 0 aromatic heterocycles. The number of amides is 2. The smallest absolute Gasteiger partial charge is 0.266 e. The Morgan fingerprint density at radius 3 is 2.28 bits per heavy atom. The maximum atomic E-state index is 12.3. The molecule has 0 unspecified atom stereocenters. The molecule has 3 aromatic rings. The Morgan fingerprint density at radius 1 is 0.938 bits per heavy atom. The molecule has 8 heteroatoms. The molecule has 0 saturated carbocycles. The third-order valence-electron chi connectivity index (χ3n) is 4.18. The molecule has 2 amide bonds. The Bertz CT molecular complexity index is 1180. The molecule has 0 radical (unpaired) electrons. The van der Waals surface area contributed by atoms with Crippen LogP contribution in [0.5, 0.6) is 5.75 Å². The highest BCUT2D eigenvalue weighted by Gasteiger charge is 2.10. The summed E-state index contributed by atoms with van der Waals surface area (Å²) in [6.45, 7) is -0.201. The van der Waals surface area contributed by atoms with Crippen molar-refractivity contribution in [3.05, 3.63) is 94.0 Å². The molecule has 0 heterocycles. The van der Waals surface area contributed by atoms with Crippen molar-refractivity contribution in [1.29, 1.82) is 5.26 Å². The minimum absolute atomic E-state index is 0.0623. The van der Waals surface area contributed by atoms with Crippen molar-refractivity contribution in [3.63, 3.8) is 0 Å². The Kier molecular flexibility index (Phi) is 7.87. The molecule has 0 saturated heterocycles. The van der Waals surface area contributed by atoms with Crippen LogP contribution in [0.2, 0.25) is 10.0 Å². The highest BCUT2D eigenvalue weighted by Crippen LogP contribution is 2.21. The van der Waals surface area contributed by atoms with Crippen LogP contribution in [0.25, 0.3) is 6.08 Å². The van der Waals surface area contributed by atoms with E-state index >= 15 is 0 Å². The van der Waals surface area contributed by atoms with Gasteiger partial charge in [0.1, 0.15) is 17.4 Å². The fourth-order valence-electron chi connectivity index (χ4n) is 2.60. The van der Waals surface area contributed by atoms with E-state index in [2.05, 4.69) is 10.6 Å². The van der Waals surface area contributed by atoms with Crippen molar-refractivity contribution in [1.82, 2.24) is 0 Å². The standard InChI is InChI=1S/C24H17Cl2N3O3/c25-18-7-9-19(10-8-18)28-24(31)17(14-27)13-16-5-11-20(12-6-16)32-15-23(30)29-22-4-2-1-3-21(22)26/h1-13H,15H2,(H,28,31)(H,29,30)/b17-13+. The molecule has 0 aliphatic carbocycles. The third-order valence-corrected chi connectivity index (χ3v) is 4.76. The van der Waals surface area contributed by atoms with Gasteiger partial charge in [0, 0.05) is 10.7 Å². The number of carbonyl (C=O) groups is 2. The zero-order chi connectivity index (χ0) is 22.9. The molecule has 0 aliphatic rings. The average molecular weight is 466 g/mol. The lowest BCUT2D eigenvalue weighted by molar-refractivity contribution is -0.118. The molecule has 6 nitrogen and oxygen atoms in total. The number of carbonyl (C=O) groups excluding carboxylic acids is 2. The highest BCUT2D eigenvalue weighted by molar-refractivity contribution is 6.33. The van der Waals surface area contributed by atoms with Gasteiger partial charge in [0.2, 0.25) is 0 Å². The lowest BCUT2D eigenvalue weighted by Gasteiger charge is -2.09. The molecule has 2 N–H and O–H groups in total. The summed E-state index contributed by atoms with van der Waals surface area (Å²) in [5, 5.41) is 15.6. The van der Waals surface area contributed by atoms with Crippen LogP contribution >= 0.6 is 23.2 Å². The quantitative estimate of drug-likeness (QED) is 0.353. The van der Waals surface area contributed by atoms with Crippen LogP contribution in [0.1, 0.15) is 5.56 Å². The topological polar surface area (TPSA) is 91.2 Å². The van der Waals surface area contributed by atoms with Gasteiger partial charge in [-0.25, -0.2) is 0 Å². The molecule has 0 aliphatic heterocycles. The van der Waals surface area contributed by atoms with Gasteiger partial charge in [0.15, 0.2) is 6.61 Å². The van der Waals surface area contributed by atoms with Crippen LogP contribution in [0.4, 0.5) is 11.4 Å². The Labute approximate surface area is 195 Å². The predicted molar refractivity (Wildman–Crippen MR) is 126 cm³/mol. The molecule has 0 atom stereocenters. The largest absolute Gasteiger partial charge is 0.484 e. The van der Waals surface area contributed by atoms with Crippen LogP contribution in [0, 0.1) is 11.3 Å². The summed E-state index contributed by atoms with van der Waals surface area (Å²) in [7, 11) is 0. The van der Waals surface area contributed by atoms with Gasteiger partial charge in [-0.2, -0.15) is 5.26 Å². The van der Waals surface area contributed by atoms with Crippen molar-refractivity contribution < 1.29 is 14.3 Å². The van der Waals surface area contributed by atoms with Gasteiger partial charge in [0.25, 0.3) is 11.8 Å². The van der Waals surface area contributed by atoms with Crippen LogP contribution in [0.15, 0.2) is 78.4 Å². The molecule has 0 spiro atoms. The highest BCUT2D eigenvalue weighted by atomic mass is 35.5. The van der Waals surface area contributed by atoms with Crippen molar-refractivity contribution in [3.8, 4) is 11.8 Å². The summed E-state index contributed by atoms with van der Waals surface area (Å²) in [4.78, 5) is 24.4. The SMILES string of the molecule is N#C/C(=C\c1ccc(OCC(=O)Nc2ccccc2Cl)cc1)C(=O)Nc1ccc(Cl)cc1. The average Bonchev–Trinajstić information content (AvgIpc) is 2.80. The van der Waals surface area contributed by atoms with E-state index in [1.807, 2.05) is 6.07 Å². The van der Waals surface area contributed by atoms with E-state index in [1.165, 1.54) is 6.08 Å². The van der Waals surface area contributed by atoms with Gasteiger partial charge in [-0.15, -0.1) is 0 Å². The normalized spacial score (nSPS) is 10.7. The van der Waals surface area contributed by atoms with Crippen molar-refractivity contribution in [2.24, 2.45) is 0 Å². The van der Waals surface area contributed by atoms with Crippen LogP contribution in [-0.4, -0.2) is 18.4 Å². The summed E-state index contributed by atoms with van der Waals surface area (Å²) in [6.07, 6.45) is 1.46. The monoisotopic (exact) mass is 465 g/mol. The minimum atomic E-state index is -0.536.